The van der Waals surface area contributed by atoms with Gasteiger partial charge < -0.3 is 20.5 Å². The van der Waals surface area contributed by atoms with Crippen molar-refractivity contribution in [3.8, 4) is 11.1 Å². The van der Waals surface area contributed by atoms with E-state index < -0.39 is 42.9 Å². The molecule has 1 aliphatic rings. The van der Waals surface area contributed by atoms with Crippen LogP contribution in [0.5, 0.6) is 0 Å². The minimum atomic E-state index is -2.90. The Morgan fingerprint density at radius 1 is 0.969 bits per heavy atom. The largest absolute Gasteiger partial charge is 0.480 e. The van der Waals surface area contributed by atoms with Crippen LogP contribution in [0.4, 0.5) is 13.6 Å². The van der Waals surface area contributed by atoms with Gasteiger partial charge in [0.1, 0.15) is 18.7 Å². The highest BCUT2D eigenvalue weighted by molar-refractivity contribution is 5.89. The fourth-order valence-corrected chi connectivity index (χ4v) is 3.81. The molecule has 7 nitrogen and oxygen atoms in total. The number of nitrogens with one attached hydrogen (secondary N) is 2. The van der Waals surface area contributed by atoms with Crippen LogP contribution >= 0.6 is 0 Å². The zero-order chi connectivity index (χ0) is 23.3. The van der Waals surface area contributed by atoms with Crippen LogP contribution in [-0.4, -0.2) is 48.2 Å². The third-order valence-corrected chi connectivity index (χ3v) is 5.39. The maximum Gasteiger partial charge on any atom is 0.407 e. The highest BCUT2D eigenvalue weighted by atomic mass is 19.3. The molecule has 2 aromatic rings. The highest BCUT2D eigenvalue weighted by Crippen LogP contribution is 2.44. The van der Waals surface area contributed by atoms with Gasteiger partial charge in [0.2, 0.25) is 12.3 Å². The molecule has 0 saturated carbocycles. The molecule has 0 bridgehead atoms. The van der Waals surface area contributed by atoms with Gasteiger partial charge in [0, 0.05) is 12.3 Å². The van der Waals surface area contributed by atoms with Gasteiger partial charge in [-0.1, -0.05) is 55.5 Å². The first-order valence-corrected chi connectivity index (χ1v) is 10.2. The van der Waals surface area contributed by atoms with Crippen LogP contribution in [0.3, 0.4) is 0 Å². The average Bonchev–Trinajstić information content (AvgIpc) is 3.09. The van der Waals surface area contributed by atoms with Crippen LogP contribution in [-0.2, 0) is 14.3 Å². The number of amides is 2. The molecule has 0 aliphatic heterocycles. The normalized spacial score (nSPS) is 14.2. The van der Waals surface area contributed by atoms with Crippen molar-refractivity contribution in [2.75, 3.05) is 6.61 Å². The molecule has 2 amide bonds. The molecule has 3 rings (SSSR count). The summed E-state index contributed by atoms with van der Waals surface area (Å²) in [6.45, 7) is 1.64. The minimum Gasteiger partial charge on any atom is -0.480 e. The van der Waals surface area contributed by atoms with E-state index in [9.17, 15) is 23.2 Å². The van der Waals surface area contributed by atoms with Crippen LogP contribution < -0.4 is 10.6 Å². The second kappa shape index (κ2) is 10.2. The number of hydrogen-bond acceptors (Lipinski definition) is 4. The quantitative estimate of drug-likeness (QED) is 0.547. The number of ether oxygens (including phenoxy) is 1. The van der Waals surface area contributed by atoms with Gasteiger partial charge in [0.15, 0.2) is 0 Å². The minimum absolute atomic E-state index is 0.0427. The number of benzene rings is 2. The van der Waals surface area contributed by atoms with Crippen LogP contribution in [0.25, 0.3) is 11.1 Å². The fourth-order valence-electron chi connectivity index (χ4n) is 3.81. The Labute approximate surface area is 183 Å². The van der Waals surface area contributed by atoms with E-state index >= 15 is 0 Å². The molecule has 170 valence electrons. The predicted molar refractivity (Wildman–Crippen MR) is 112 cm³/mol. The van der Waals surface area contributed by atoms with Gasteiger partial charge >= 0.3 is 12.1 Å². The Balaban J connectivity index is 1.61. The van der Waals surface area contributed by atoms with Crippen molar-refractivity contribution in [3.05, 3.63) is 59.7 Å². The Hall–Kier alpha value is -3.49. The molecule has 1 aliphatic carbocycles. The molecule has 32 heavy (non-hydrogen) atoms. The van der Waals surface area contributed by atoms with Crippen LogP contribution in [0.15, 0.2) is 48.5 Å². The monoisotopic (exact) mass is 446 g/mol. The standard InChI is InChI=1S/C23H24F2N2O5/c1-2-18(21(28)26-19(22(29)30)11-20(24)25)27-23(31)32-12-17-15-9-5-3-7-13(15)14-8-4-6-10-16(14)17/h3-10,17-20H,2,11-12H2,1H3,(H,26,28)(H,27,31)(H,29,30)/t18-,19?/m1/s1. The van der Waals surface area contributed by atoms with Crippen molar-refractivity contribution in [1.29, 1.82) is 0 Å². The van der Waals surface area contributed by atoms with Crippen molar-refractivity contribution in [2.45, 2.75) is 44.2 Å². The van der Waals surface area contributed by atoms with Crippen molar-refractivity contribution in [1.82, 2.24) is 10.6 Å². The number of carbonyl (C=O) groups excluding carboxylic acids is 2. The van der Waals surface area contributed by atoms with Crippen molar-refractivity contribution >= 4 is 18.0 Å². The summed E-state index contributed by atoms with van der Waals surface area (Å²) in [4.78, 5) is 35.7. The Morgan fingerprint density at radius 2 is 1.53 bits per heavy atom. The molecular formula is C23H24F2N2O5. The average molecular weight is 446 g/mol. The predicted octanol–water partition coefficient (Wildman–Crippen LogP) is 3.53. The van der Waals surface area contributed by atoms with Crippen LogP contribution in [0.2, 0.25) is 0 Å². The van der Waals surface area contributed by atoms with Crippen molar-refractivity contribution < 1.29 is 33.0 Å². The molecular weight excluding hydrogens is 422 g/mol. The van der Waals surface area contributed by atoms with Crippen molar-refractivity contribution in [3.63, 3.8) is 0 Å². The number of alkyl carbamates (subject to hydrolysis) is 1. The van der Waals surface area contributed by atoms with Gasteiger partial charge in [0.25, 0.3) is 0 Å². The molecule has 0 heterocycles. The lowest BCUT2D eigenvalue weighted by molar-refractivity contribution is -0.143. The first kappa shape index (κ1) is 23.2. The Morgan fingerprint density at radius 3 is 2.03 bits per heavy atom. The molecule has 9 heteroatoms. The molecule has 2 aromatic carbocycles. The molecule has 0 aromatic heterocycles. The first-order chi connectivity index (χ1) is 15.3. The van der Waals surface area contributed by atoms with E-state index in [0.29, 0.717) is 0 Å². The van der Waals surface area contributed by atoms with E-state index in [1.807, 2.05) is 53.8 Å². The topological polar surface area (TPSA) is 105 Å². The van der Waals surface area contributed by atoms with E-state index in [0.717, 1.165) is 22.3 Å². The number of rotatable bonds is 9. The molecule has 1 unspecified atom stereocenters. The van der Waals surface area contributed by atoms with Gasteiger partial charge in [-0.25, -0.2) is 18.4 Å². The summed E-state index contributed by atoms with van der Waals surface area (Å²) in [5.41, 5.74) is 4.20. The van der Waals surface area contributed by atoms with E-state index in [4.69, 9.17) is 9.84 Å². The van der Waals surface area contributed by atoms with Gasteiger partial charge in [-0.3, -0.25) is 4.79 Å². The van der Waals surface area contributed by atoms with E-state index in [-0.39, 0.29) is 18.9 Å². The molecule has 0 fully saturated rings. The third-order valence-electron chi connectivity index (χ3n) is 5.39. The molecule has 0 radical (unpaired) electrons. The second-order valence-electron chi connectivity index (χ2n) is 7.46. The molecule has 0 spiro atoms. The number of carbonyl (C=O) groups is 3. The zero-order valence-electron chi connectivity index (χ0n) is 17.4. The van der Waals surface area contributed by atoms with E-state index in [1.54, 1.807) is 6.92 Å². The van der Waals surface area contributed by atoms with Crippen LogP contribution in [0.1, 0.15) is 36.8 Å². The van der Waals surface area contributed by atoms with Gasteiger partial charge in [0.05, 0.1) is 0 Å². The summed E-state index contributed by atoms with van der Waals surface area (Å²) in [6.07, 6.45) is -4.65. The summed E-state index contributed by atoms with van der Waals surface area (Å²) in [7, 11) is 0. The summed E-state index contributed by atoms with van der Waals surface area (Å²) in [6, 6.07) is 12.8. The fraction of sp³-hybridized carbons (Fsp3) is 0.348. The number of carboxylic acid groups (broad SMARTS) is 1. The van der Waals surface area contributed by atoms with Crippen molar-refractivity contribution in [2.24, 2.45) is 0 Å². The summed E-state index contributed by atoms with van der Waals surface area (Å²) in [5, 5.41) is 13.4. The second-order valence-corrected chi connectivity index (χ2v) is 7.46. The zero-order valence-corrected chi connectivity index (χ0v) is 17.4. The van der Waals surface area contributed by atoms with Gasteiger partial charge in [-0.15, -0.1) is 0 Å². The summed E-state index contributed by atoms with van der Waals surface area (Å²) < 4.78 is 30.5. The highest BCUT2D eigenvalue weighted by Gasteiger charge is 2.31. The number of fused-ring (bicyclic) bond motifs is 3. The lowest BCUT2D eigenvalue weighted by Gasteiger charge is -2.21. The van der Waals surface area contributed by atoms with Gasteiger partial charge in [-0.2, -0.15) is 0 Å². The smallest absolute Gasteiger partial charge is 0.407 e. The lowest BCUT2D eigenvalue weighted by atomic mass is 9.98. The number of hydrogen-bond donors (Lipinski definition) is 3. The summed E-state index contributed by atoms with van der Waals surface area (Å²) in [5.74, 6) is -2.60. The van der Waals surface area contributed by atoms with E-state index in [2.05, 4.69) is 5.32 Å². The van der Waals surface area contributed by atoms with Crippen LogP contribution in [0, 0.1) is 0 Å². The van der Waals surface area contributed by atoms with E-state index in [1.165, 1.54) is 0 Å². The molecule has 2 atom stereocenters. The number of alkyl halides is 2. The maximum atomic E-state index is 12.5. The lowest BCUT2D eigenvalue weighted by Crippen LogP contribution is -2.52. The number of aliphatic carboxylic acids is 1. The summed E-state index contributed by atoms with van der Waals surface area (Å²) >= 11 is 0. The first-order valence-electron chi connectivity index (χ1n) is 10.2. The Kier molecular flexibility index (Phi) is 7.40. The van der Waals surface area contributed by atoms with Gasteiger partial charge in [-0.05, 0) is 28.7 Å². The maximum absolute atomic E-state index is 12.5. The molecule has 3 N–H and O–H groups in total. The SMILES string of the molecule is CC[C@@H](NC(=O)OCC1c2ccccc2-c2ccccc21)C(=O)NC(CC(F)F)C(=O)O. The number of halogens is 2. The third kappa shape index (κ3) is 5.22. The Bertz CT molecular complexity index is 952. The molecule has 0 saturated heterocycles. The number of carboxylic acids is 1.